The molecule has 2 aliphatic rings. The van der Waals surface area contributed by atoms with Gasteiger partial charge in [0, 0.05) is 18.3 Å². The van der Waals surface area contributed by atoms with Crippen molar-refractivity contribution in [2.75, 3.05) is 11.3 Å². The number of hydrogen-bond acceptors (Lipinski definition) is 7. The fraction of sp³-hybridized carbons (Fsp3) is 0.333. The van der Waals surface area contributed by atoms with Crippen molar-refractivity contribution in [1.29, 1.82) is 0 Å². The Morgan fingerprint density at radius 1 is 1.09 bits per heavy atom. The van der Waals surface area contributed by atoms with Crippen LogP contribution in [0.15, 0.2) is 58.3 Å². The van der Waals surface area contributed by atoms with Crippen molar-refractivity contribution in [2.45, 2.75) is 43.9 Å². The number of thioether (sulfide) groups is 1. The minimum absolute atomic E-state index is 0.0494. The molecule has 184 valence electrons. The fourth-order valence-electron chi connectivity index (χ4n) is 4.43. The highest BCUT2D eigenvalue weighted by Crippen LogP contribution is 2.40. The van der Waals surface area contributed by atoms with Crippen LogP contribution in [0, 0.1) is 15.5 Å². The Morgan fingerprint density at radius 3 is 2.40 bits per heavy atom. The van der Waals surface area contributed by atoms with Crippen LogP contribution in [0.3, 0.4) is 0 Å². The molecule has 1 aliphatic heterocycles. The van der Waals surface area contributed by atoms with E-state index < -0.39 is 25.5 Å². The number of nitrogens with zero attached hydrogens (tertiary/aromatic N) is 2. The van der Waals surface area contributed by atoms with Gasteiger partial charge in [0.2, 0.25) is 0 Å². The highest BCUT2D eigenvalue weighted by molar-refractivity contribution is 8.18. The first kappa shape index (κ1) is 24.9. The third-order valence-corrected chi connectivity index (χ3v) is 8.62. The molecule has 0 atom stereocenters. The molecule has 0 aromatic heterocycles. The number of carbonyl (C=O) groups is 2. The second-order valence-corrected chi connectivity index (χ2v) is 11.7. The van der Waals surface area contributed by atoms with Gasteiger partial charge in [0.15, 0.2) is 4.90 Å². The minimum Gasteiger partial charge on any atom is -0.279 e. The maximum Gasteiger partial charge on any atom is 0.293 e. The summed E-state index contributed by atoms with van der Waals surface area (Å²) in [6.07, 6.45) is 7.00. The predicted molar refractivity (Wildman–Crippen MR) is 134 cm³/mol. The summed E-state index contributed by atoms with van der Waals surface area (Å²) in [6.45, 7) is 2.55. The molecule has 0 spiro atoms. The summed E-state index contributed by atoms with van der Waals surface area (Å²) in [5.41, 5.74) is 0.257. The first-order valence-corrected chi connectivity index (χ1v) is 13.5. The maximum absolute atomic E-state index is 12.9. The normalized spacial score (nSPS) is 19.2. The van der Waals surface area contributed by atoms with Gasteiger partial charge in [-0.25, -0.2) is 8.42 Å². The standard InChI is InChI=1S/C24H25N3O6S2/c1-24(13-5-2-6-14-24)16-26-22(28)20(34-23(26)29)15-17-9-11-18(12-10-17)25-35(32,33)21-8-4-3-7-19(21)27(30)31/h3-4,7-12,15,25H,2,5-6,13-14,16H2,1H3/b20-15-. The molecule has 0 bridgehead atoms. The zero-order valence-electron chi connectivity index (χ0n) is 19.1. The average molecular weight is 516 g/mol. The molecule has 11 heteroatoms. The smallest absolute Gasteiger partial charge is 0.279 e. The van der Waals surface area contributed by atoms with Crippen molar-refractivity contribution in [2.24, 2.45) is 5.41 Å². The number of sulfonamides is 1. The zero-order chi connectivity index (χ0) is 25.2. The van der Waals surface area contributed by atoms with Gasteiger partial charge in [-0.2, -0.15) is 0 Å². The van der Waals surface area contributed by atoms with E-state index in [1.165, 1.54) is 41.7 Å². The van der Waals surface area contributed by atoms with E-state index in [1.807, 2.05) is 0 Å². The molecule has 2 amide bonds. The zero-order valence-corrected chi connectivity index (χ0v) is 20.7. The summed E-state index contributed by atoms with van der Waals surface area (Å²) >= 11 is 0.903. The topological polar surface area (TPSA) is 127 Å². The van der Waals surface area contributed by atoms with Gasteiger partial charge >= 0.3 is 0 Å². The van der Waals surface area contributed by atoms with Crippen LogP contribution in [-0.2, 0) is 14.8 Å². The molecule has 1 saturated heterocycles. The van der Waals surface area contributed by atoms with E-state index in [0.717, 1.165) is 43.5 Å². The molecule has 35 heavy (non-hydrogen) atoms. The molecule has 1 N–H and O–H groups in total. The van der Waals surface area contributed by atoms with Crippen LogP contribution in [0.2, 0.25) is 0 Å². The SMILES string of the molecule is CC1(CN2C(=O)S/C(=C\c3ccc(NS(=O)(=O)c4ccccc4[N+](=O)[O-])cc3)C2=O)CCCCC1. The van der Waals surface area contributed by atoms with Crippen molar-refractivity contribution >= 4 is 50.4 Å². The minimum atomic E-state index is -4.18. The molecule has 9 nitrogen and oxygen atoms in total. The second-order valence-electron chi connectivity index (χ2n) is 9.09. The van der Waals surface area contributed by atoms with Crippen LogP contribution in [0.25, 0.3) is 6.08 Å². The molecule has 1 heterocycles. The third-order valence-electron chi connectivity index (χ3n) is 6.29. The largest absolute Gasteiger partial charge is 0.293 e. The molecular weight excluding hydrogens is 490 g/mol. The van der Waals surface area contributed by atoms with E-state index >= 15 is 0 Å². The van der Waals surface area contributed by atoms with Gasteiger partial charge in [-0.3, -0.25) is 29.3 Å². The molecule has 4 rings (SSSR count). The molecule has 0 unspecified atom stereocenters. The van der Waals surface area contributed by atoms with E-state index in [2.05, 4.69) is 11.6 Å². The first-order chi connectivity index (χ1) is 16.6. The van der Waals surface area contributed by atoms with Crippen LogP contribution < -0.4 is 4.72 Å². The molecule has 1 saturated carbocycles. The molecule has 2 aromatic carbocycles. The summed E-state index contributed by atoms with van der Waals surface area (Å²) in [4.78, 5) is 37.1. The lowest BCUT2D eigenvalue weighted by atomic mass is 9.75. The quantitative estimate of drug-likeness (QED) is 0.297. The van der Waals surface area contributed by atoms with Crippen LogP contribution in [-0.4, -0.2) is 35.9 Å². The summed E-state index contributed by atoms with van der Waals surface area (Å²) in [6, 6.07) is 11.3. The van der Waals surface area contributed by atoms with Crippen molar-refractivity contribution in [1.82, 2.24) is 4.90 Å². The van der Waals surface area contributed by atoms with Crippen molar-refractivity contribution < 1.29 is 22.9 Å². The van der Waals surface area contributed by atoms with Gasteiger partial charge in [0.05, 0.1) is 9.83 Å². The number of benzene rings is 2. The average Bonchev–Trinajstić information content (AvgIpc) is 3.07. The van der Waals surface area contributed by atoms with Gasteiger partial charge < -0.3 is 0 Å². The van der Waals surface area contributed by atoms with E-state index in [1.54, 1.807) is 18.2 Å². The molecule has 0 radical (unpaired) electrons. The summed E-state index contributed by atoms with van der Waals surface area (Å²) in [5.74, 6) is -0.312. The Labute approximate surface area is 207 Å². The Balaban J connectivity index is 1.47. The van der Waals surface area contributed by atoms with Crippen molar-refractivity contribution in [3.8, 4) is 0 Å². The molecular formula is C24H25N3O6S2. The number of nitro groups is 1. The van der Waals surface area contributed by atoms with Crippen LogP contribution in [0.1, 0.15) is 44.6 Å². The Morgan fingerprint density at radius 2 is 1.74 bits per heavy atom. The number of carbonyl (C=O) groups excluding carboxylic acids is 2. The van der Waals surface area contributed by atoms with Crippen molar-refractivity contribution in [3.05, 3.63) is 69.1 Å². The van der Waals surface area contributed by atoms with Gasteiger partial charge in [0.1, 0.15) is 0 Å². The summed E-state index contributed by atoms with van der Waals surface area (Å²) < 4.78 is 27.7. The summed E-state index contributed by atoms with van der Waals surface area (Å²) in [5, 5.41) is 10.9. The van der Waals surface area contributed by atoms with E-state index in [4.69, 9.17) is 0 Å². The van der Waals surface area contributed by atoms with E-state index in [9.17, 15) is 28.1 Å². The predicted octanol–water partition coefficient (Wildman–Crippen LogP) is 5.40. The number of nitro benzene ring substituents is 1. The number of nitrogens with one attached hydrogen (secondary N) is 1. The van der Waals surface area contributed by atoms with Gasteiger partial charge in [-0.15, -0.1) is 0 Å². The van der Waals surface area contributed by atoms with Gasteiger partial charge in [0.25, 0.3) is 26.9 Å². The number of rotatable bonds is 7. The van der Waals surface area contributed by atoms with E-state index in [0.29, 0.717) is 17.0 Å². The maximum atomic E-state index is 12.9. The Kier molecular flexibility index (Phi) is 7.00. The lowest BCUT2D eigenvalue weighted by Gasteiger charge is -2.35. The van der Waals surface area contributed by atoms with Gasteiger partial charge in [-0.1, -0.05) is 50.5 Å². The third kappa shape index (κ3) is 5.57. The highest BCUT2D eigenvalue weighted by Gasteiger charge is 2.40. The first-order valence-electron chi connectivity index (χ1n) is 11.2. The van der Waals surface area contributed by atoms with Crippen LogP contribution in [0.5, 0.6) is 0 Å². The van der Waals surface area contributed by atoms with E-state index in [-0.39, 0.29) is 22.2 Å². The molecule has 1 aliphatic carbocycles. The Bertz CT molecular complexity index is 1300. The number of anilines is 1. The van der Waals surface area contributed by atoms with Crippen LogP contribution >= 0.6 is 11.8 Å². The molecule has 2 aromatic rings. The highest BCUT2D eigenvalue weighted by atomic mass is 32.2. The number of para-hydroxylation sites is 1. The summed E-state index contributed by atoms with van der Waals surface area (Å²) in [7, 11) is -4.18. The number of amides is 2. The number of imide groups is 1. The van der Waals surface area contributed by atoms with Gasteiger partial charge in [-0.05, 0) is 59.9 Å². The Hall–Kier alpha value is -3.18. The lowest BCUT2D eigenvalue weighted by molar-refractivity contribution is -0.387. The lowest BCUT2D eigenvalue weighted by Crippen LogP contribution is -2.39. The number of hydrogen-bond donors (Lipinski definition) is 1. The second kappa shape index (κ2) is 9.82. The molecule has 2 fully saturated rings. The van der Waals surface area contributed by atoms with Crippen molar-refractivity contribution in [3.63, 3.8) is 0 Å². The fourth-order valence-corrected chi connectivity index (χ4v) is 6.50. The van der Waals surface area contributed by atoms with Crippen LogP contribution in [0.4, 0.5) is 16.2 Å². The monoisotopic (exact) mass is 515 g/mol.